The Labute approximate surface area is 111 Å². The van der Waals surface area contributed by atoms with Gasteiger partial charge in [0, 0.05) is 0 Å². The topological polar surface area (TPSA) is 80.4 Å². The molecule has 2 aromatic rings. The summed E-state index contributed by atoms with van der Waals surface area (Å²) in [6, 6.07) is 15.7. The van der Waals surface area contributed by atoms with Crippen molar-refractivity contribution >= 4 is 15.5 Å². The standard InChI is InChI=1S/C13H11NO4S/c15-13(16)19(14(17)18,11-7-3-1-4-8-11)12-9-5-2-6-10-12/h1-10H,(H,15,16). The van der Waals surface area contributed by atoms with E-state index in [9.17, 15) is 20.0 Å². The summed E-state index contributed by atoms with van der Waals surface area (Å²) in [5, 5.41) is 19.6. The van der Waals surface area contributed by atoms with Gasteiger partial charge >= 0.3 is 5.30 Å². The van der Waals surface area contributed by atoms with Gasteiger partial charge in [-0.2, -0.15) is 0 Å². The quantitative estimate of drug-likeness (QED) is 0.683. The number of carbonyl (C=O) groups is 1. The van der Waals surface area contributed by atoms with E-state index in [0.29, 0.717) is 0 Å². The molecular formula is C13H11NO4S. The van der Waals surface area contributed by atoms with Crippen LogP contribution in [-0.2, 0) is 0 Å². The minimum absolute atomic E-state index is 0.207. The van der Waals surface area contributed by atoms with Crippen LogP contribution in [0.3, 0.4) is 0 Å². The van der Waals surface area contributed by atoms with Gasteiger partial charge in [0.25, 0.3) is 0 Å². The first-order valence-corrected chi connectivity index (χ1v) is 7.00. The molecular weight excluding hydrogens is 266 g/mol. The minimum Gasteiger partial charge on any atom is -0.470 e. The van der Waals surface area contributed by atoms with E-state index in [-0.39, 0.29) is 9.79 Å². The summed E-state index contributed by atoms with van der Waals surface area (Å²) in [4.78, 5) is 23.6. The van der Waals surface area contributed by atoms with Gasteiger partial charge in [0.05, 0.1) is 14.1 Å². The molecule has 0 aliphatic heterocycles. The summed E-state index contributed by atoms with van der Waals surface area (Å²) < 4.78 is -0.681. The van der Waals surface area contributed by atoms with Crippen molar-refractivity contribution in [2.75, 3.05) is 0 Å². The van der Waals surface area contributed by atoms with E-state index in [4.69, 9.17) is 0 Å². The second-order valence-corrected chi connectivity index (χ2v) is 6.45. The fourth-order valence-electron chi connectivity index (χ4n) is 1.81. The van der Waals surface area contributed by atoms with E-state index in [0.717, 1.165) is 0 Å². The van der Waals surface area contributed by atoms with Gasteiger partial charge in [0.15, 0.2) is 10.2 Å². The highest BCUT2D eigenvalue weighted by atomic mass is 32.3. The van der Waals surface area contributed by atoms with Crippen molar-refractivity contribution < 1.29 is 14.2 Å². The third-order valence-electron chi connectivity index (χ3n) is 2.64. The maximum absolute atomic E-state index is 11.7. The molecule has 0 aromatic heterocycles. The zero-order valence-electron chi connectivity index (χ0n) is 9.80. The molecule has 5 nitrogen and oxygen atoms in total. The molecule has 1 N–H and O–H groups in total. The number of nitro groups is 1. The second-order valence-electron chi connectivity index (χ2n) is 3.70. The van der Waals surface area contributed by atoms with Gasteiger partial charge in [-0.25, -0.2) is 4.79 Å². The highest BCUT2D eigenvalue weighted by molar-refractivity contribution is 8.40. The molecule has 0 saturated carbocycles. The number of benzene rings is 2. The maximum atomic E-state index is 11.7. The normalized spacial score (nSPS) is 11.8. The van der Waals surface area contributed by atoms with Crippen molar-refractivity contribution in [3.63, 3.8) is 0 Å². The summed E-state index contributed by atoms with van der Waals surface area (Å²) in [7, 11) is -3.35. The predicted molar refractivity (Wildman–Crippen MR) is 72.0 cm³/mol. The molecule has 0 atom stereocenters. The number of hydrogen-bond acceptors (Lipinski definition) is 3. The average molecular weight is 277 g/mol. The first kappa shape index (κ1) is 13.1. The third kappa shape index (κ3) is 2.06. The Hall–Kier alpha value is -2.34. The molecule has 0 spiro atoms. The lowest BCUT2D eigenvalue weighted by molar-refractivity contribution is -0.295. The molecule has 6 heteroatoms. The van der Waals surface area contributed by atoms with Gasteiger partial charge < -0.3 is 5.11 Å². The summed E-state index contributed by atoms with van der Waals surface area (Å²) in [5.74, 6) is 0. The molecule has 0 aliphatic rings. The van der Waals surface area contributed by atoms with Crippen LogP contribution in [0, 0.1) is 10.1 Å². The van der Waals surface area contributed by atoms with Crippen molar-refractivity contribution in [3.05, 3.63) is 70.8 Å². The van der Waals surface area contributed by atoms with Crippen LogP contribution in [0.4, 0.5) is 4.79 Å². The molecule has 0 saturated heterocycles. The SMILES string of the molecule is O=C(O)S(c1ccccc1)(c1ccccc1)[N+](=O)[O-]. The maximum Gasteiger partial charge on any atom is 0.417 e. The van der Waals surface area contributed by atoms with Crippen LogP contribution >= 0.6 is 10.2 Å². The van der Waals surface area contributed by atoms with Crippen LogP contribution in [0.2, 0.25) is 0 Å². The molecule has 0 aliphatic carbocycles. The smallest absolute Gasteiger partial charge is 0.417 e. The first-order valence-electron chi connectivity index (χ1n) is 5.41. The van der Waals surface area contributed by atoms with Crippen LogP contribution < -0.4 is 0 Å². The lowest BCUT2D eigenvalue weighted by Crippen LogP contribution is -2.19. The Morgan fingerprint density at radius 3 is 1.58 bits per heavy atom. The van der Waals surface area contributed by atoms with E-state index >= 15 is 0 Å². The number of carboxylic acid groups (broad SMARTS) is 1. The van der Waals surface area contributed by atoms with Gasteiger partial charge in [-0.1, -0.05) is 36.4 Å². The Morgan fingerprint density at radius 1 is 0.947 bits per heavy atom. The molecule has 0 bridgehead atoms. The van der Waals surface area contributed by atoms with Gasteiger partial charge in [-0.05, 0) is 24.3 Å². The van der Waals surface area contributed by atoms with Crippen LogP contribution in [-0.4, -0.2) is 14.7 Å². The monoisotopic (exact) mass is 277 g/mol. The second kappa shape index (κ2) is 5.11. The van der Waals surface area contributed by atoms with Crippen molar-refractivity contribution in [2.24, 2.45) is 0 Å². The van der Waals surface area contributed by atoms with Gasteiger partial charge in [-0.3, -0.25) is 10.1 Å². The average Bonchev–Trinajstić information content (AvgIpc) is 2.41. The molecule has 0 unspecified atom stereocenters. The van der Waals surface area contributed by atoms with Crippen molar-refractivity contribution in [1.29, 1.82) is 0 Å². The van der Waals surface area contributed by atoms with Gasteiger partial charge in [-0.15, -0.1) is 0 Å². The molecule has 19 heavy (non-hydrogen) atoms. The van der Waals surface area contributed by atoms with Crippen LogP contribution in [0.25, 0.3) is 0 Å². The van der Waals surface area contributed by atoms with Crippen molar-refractivity contribution in [2.45, 2.75) is 9.79 Å². The van der Waals surface area contributed by atoms with E-state index < -0.39 is 19.8 Å². The molecule has 98 valence electrons. The van der Waals surface area contributed by atoms with E-state index in [1.165, 1.54) is 24.3 Å². The van der Waals surface area contributed by atoms with E-state index in [2.05, 4.69) is 0 Å². The van der Waals surface area contributed by atoms with Crippen molar-refractivity contribution in [1.82, 2.24) is 0 Å². The Morgan fingerprint density at radius 2 is 1.32 bits per heavy atom. The predicted octanol–water partition coefficient (Wildman–Crippen LogP) is 3.78. The van der Waals surface area contributed by atoms with Gasteiger partial charge in [0.1, 0.15) is 0 Å². The largest absolute Gasteiger partial charge is 0.470 e. The zero-order valence-corrected chi connectivity index (χ0v) is 10.6. The summed E-state index contributed by atoms with van der Waals surface area (Å²) in [6.07, 6.45) is 0. The minimum atomic E-state index is -3.35. The molecule has 0 heterocycles. The fourth-order valence-corrected chi connectivity index (χ4v) is 4.06. The molecule has 2 rings (SSSR count). The Kier molecular flexibility index (Phi) is 3.52. The molecule has 0 fully saturated rings. The summed E-state index contributed by atoms with van der Waals surface area (Å²) in [5.41, 5.74) is 0. The number of rotatable bonds is 3. The number of hydrogen-bond donors (Lipinski definition) is 1. The Balaban J connectivity index is 2.77. The van der Waals surface area contributed by atoms with Crippen LogP contribution in [0.1, 0.15) is 0 Å². The number of nitrogens with zero attached hydrogens (tertiary/aromatic N) is 1. The van der Waals surface area contributed by atoms with Gasteiger partial charge in [0.2, 0.25) is 0 Å². The molecule has 2 aromatic carbocycles. The summed E-state index contributed by atoms with van der Waals surface area (Å²) >= 11 is 0. The van der Waals surface area contributed by atoms with Crippen LogP contribution in [0.5, 0.6) is 0 Å². The molecule has 0 radical (unpaired) electrons. The van der Waals surface area contributed by atoms with E-state index in [1.54, 1.807) is 36.4 Å². The highest BCUT2D eigenvalue weighted by Crippen LogP contribution is 2.62. The first-order chi connectivity index (χ1) is 9.10. The van der Waals surface area contributed by atoms with Crippen molar-refractivity contribution in [3.8, 4) is 0 Å². The highest BCUT2D eigenvalue weighted by Gasteiger charge is 2.49. The third-order valence-corrected chi connectivity index (χ3v) is 5.51. The van der Waals surface area contributed by atoms with E-state index in [1.807, 2.05) is 0 Å². The van der Waals surface area contributed by atoms with Crippen LogP contribution in [0.15, 0.2) is 70.5 Å². The fraction of sp³-hybridized carbons (Fsp3) is 0. The Bertz CT molecular complexity index is 545. The summed E-state index contributed by atoms with van der Waals surface area (Å²) in [6.45, 7) is 0. The lowest BCUT2D eigenvalue weighted by Gasteiger charge is -2.25. The zero-order chi connectivity index (χ0) is 13.9. The molecule has 0 amide bonds. The lowest BCUT2D eigenvalue weighted by atomic mass is 10.4.